The van der Waals surface area contributed by atoms with Crippen LogP contribution in [0.1, 0.15) is 18.9 Å². The fourth-order valence-corrected chi connectivity index (χ4v) is 3.11. The number of benzene rings is 2. The van der Waals surface area contributed by atoms with Gasteiger partial charge in [0.15, 0.2) is 0 Å². The van der Waals surface area contributed by atoms with E-state index in [4.69, 9.17) is 0 Å². The number of carbonyl (C=O) groups is 3. The maximum Gasteiger partial charge on any atom is 0.344 e. The van der Waals surface area contributed by atoms with E-state index in [9.17, 15) is 24.5 Å². The Bertz CT molecular complexity index is 964. The van der Waals surface area contributed by atoms with Crippen LogP contribution in [-0.2, 0) is 15.1 Å². The molecule has 3 rings (SSSR count). The molecule has 0 radical (unpaired) electrons. The van der Waals surface area contributed by atoms with E-state index in [1.54, 1.807) is 43.3 Å². The first kappa shape index (κ1) is 19.8. The molecule has 1 atom stereocenters. The van der Waals surface area contributed by atoms with Crippen LogP contribution in [0.4, 0.5) is 16.2 Å². The highest BCUT2D eigenvalue weighted by Gasteiger charge is 2.52. The molecular formula is C19H19N5O5. The van der Waals surface area contributed by atoms with E-state index < -0.39 is 28.3 Å². The molecule has 1 heterocycles. The zero-order valence-corrected chi connectivity index (χ0v) is 15.5. The zero-order valence-electron chi connectivity index (χ0n) is 15.5. The number of rotatable bonds is 7. The van der Waals surface area contributed by atoms with Gasteiger partial charge in [-0.05, 0) is 18.1 Å². The molecule has 0 bridgehead atoms. The van der Waals surface area contributed by atoms with Crippen LogP contribution in [0, 0.1) is 10.1 Å². The Kier molecular flexibility index (Phi) is 5.44. The molecule has 3 N–H and O–H groups in total. The first-order valence-electron chi connectivity index (χ1n) is 8.87. The summed E-state index contributed by atoms with van der Waals surface area (Å²) in [6, 6.07) is 13.7. The largest absolute Gasteiger partial charge is 0.376 e. The van der Waals surface area contributed by atoms with E-state index in [1.807, 2.05) is 0 Å². The van der Waals surface area contributed by atoms with Gasteiger partial charge in [-0.15, -0.1) is 0 Å². The van der Waals surface area contributed by atoms with Crippen LogP contribution in [-0.4, -0.2) is 34.3 Å². The summed E-state index contributed by atoms with van der Waals surface area (Å²) in [5.74, 6) is -1.24. The Balaban J connectivity index is 1.68. The Hall–Kier alpha value is -3.95. The van der Waals surface area contributed by atoms with Crippen molar-refractivity contribution in [3.05, 3.63) is 70.3 Å². The molecule has 1 fully saturated rings. The minimum atomic E-state index is -1.25. The van der Waals surface area contributed by atoms with Gasteiger partial charge >= 0.3 is 6.03 Å². The minimum Gasteiger partial charge on any atom is -0.376 e. The number of nitrogens with one attached hydrogen (secondary N) is 3. The van der Waals surface area contributed by atoms with E-state index >= 15 is 0 Å². The summed E-state index contributed by atoms with van der Waals surface area (Å²) in [6.07, 6.45) is 0.305. The van der Waals surface area contributed by atoms with Crippen LogP contribution in [0.15, 0.2) is 54.6 Å². The highest BCUT2D eigenvalue weighted by atomic mass is 16.6. The van der Waals surface area contributed by atoms with Crippen LogP contribution in [0.2, 0.25) is 0 Å². The summed E-state index contributed by atoms with van der Waals surface area (Å²) in [5.41, 5.74) is 1.88. The molecule has 29 heavy (non-hydrogen) atoms. The lowest BCUT2D eigenvalue weighted by Crippen LogP contribution is -2.49. The number of imide groups is 1. The topological polar surface area (TPSA) is 134 Å². The van der Waals surface area contributed by atoms with E-state index in [-0.39, 0.29) is 12.2 Å². The van der Waals surface area contributed by atoms with Crippen molar-refractivity contribution in [2.45, 2.75) is 18.9 Å². The normalized spacial score (nSPS) is 18.3. The van der Waals surface area contributed by atoms with Gasteiger partial charge in [0.05, 0.1) is 11.5 Å². The fourth-order valence-electron chi connectivity index (χ4n) is 3.11. The number of hydrogen-bond acceptors (Lipinski definition) is 6. The maximum atomic E-state index is 12.9. The molecule has 10 nitrogen and oxygen atoms in total. The number of non-ortho nitro benzene ring substituents is 1. The van der Waals surface area contributed by atoms with Crippen molar-refractivity contribution in [1.82, 2.24) is 15.8 Å². The van der Waals surface area contributed by atoms with Crippen molar-refractivity contribution in [2.75, 3.05) is 11.9 Å². The molecule has 1 aliphatic heterocycles. The summed E-state index contributed by atoms with van der Waals surface area (Å²) in [4.78, 5) is 47.8. The van der Waals surface area contributed by atoms with Gasteiger partial charge in [0.2, 0.25) is 0 Å². The number of urea groups is 1. The van der Waals surface area contributed by atoms with Crippen LogP contribution in [0.5, 0.6) is 0 Å². The van der Waals surface area contributed by atoms with Gasteiger partial charge in [0, 0.05) is 17.8 Å². The number of nitrogens with zero attached hydrogens (tertiary/aromatic N) is 2. The van der Waals surface area contributed by atoms with Crippen LogP contribution < -0.4 is 16.1 Å². The first-order valence-corrected chi connectivity index (χ1v) is 8.87. The third-order valence-electron chi connectivity index (χ3n) is 4.64. The molecule has 0 aromatic heterocycles. The van der Waals surface area contributed by atoms with E-state index in [0.29, 0.717) is 22.7 Å². The van der Waals surface area contributed by atoms with Gasteiger partial charge in [-0.1, -0.05) is 43.3 Å². The van der Waals surface area contributed by atoms with E-state index in [2.05, 4.69) is 16.1 Å². The molecular weight excluding hydrogens is 378 g/mol. The molecule has 150 valence electrons. The molecule has 2 aromatic carbocycles. The van der Waals surface area contributed by atoms with Crippen molar-refractivity contribution in [3.8, 4) is 0 Å². The lowest BCUT2D eigenvalue weighted by atomic mass is 9.87. The predicted molar refractivity (Wildman–Crippen MR) is 104 cm³/mol. The van der Waals surface area contributed by atoms with Gasteiger partial charge in [-0.3, -0.25) is 25.1 Å². The molecule has 0 saturated carbocycles. The number of hydrogen-bond donors (Lipinski definition) is 3. The highest BCUT2D eigenvalue weighted by molar-refractivity contribution is 6.08. The molecule has 1 saturated heterocycles. The van der Waals surface area contributed by atoms with Crippen molar-refractivity contribution >= 4 is 29.2 Å². The smallest absolute Gasteiger partial charge is 0.344 e. The summed E-state index contributed by atoms with van der Waals surface area (Å²) in [6.45, 7) is 1.48. The second-order valence-electron chi connectivity index (χ2n) is 6.39. The average Bonchev–Trinajstić information content (AvgIpc) is 2.98. The molecule has 4 amide bonds. The van der Waals surface area contributed by atoms with Gasteiger partial charge in [-0.2, -0.15) is 5.01 Å². The van der Waals surface area contributed by atoms with Crippen LogP contribution >= 0.6 is 0 Å². The number of amides is 4. The van der Waals surface area contributed by atoms with Crippen molar-refractivity contribution < 1.29 is 19.3 Å². The van der Waals surface area contributed by atoms with Gasteiger partial charge < -0.3 is 10.6 Å². The molecule has 0 unspecified atom stereocenters. The highest BCUT2D eigenvalue weighted by Crippen LogP contribution is 2.31. The number of nitro benzene ring substituents is 1. The molecule has 1 aliphatic rings. The average molecular weight is 397 g/mol. The number of carbonyl (C=O) groups excluding carboxylic acids is 3. The van der Waals surface area contributed by atoms with Gasteiger partial charge in [-0.25, -0.2) is 4.79 Å². The summed E-state index contributed by atoms with van der Waals surface area (Å²) in [5, 5.41) is 16.9. The van der Waals surface area contributed by atoms with Crippen molar-refractivity contribution in [3.63, 3.8) is 0 Å². The first-order chi connectivity index (χ1) is 13.9. The lowest BCUT2D eigenvalue weighted by molar-refractivity contribution is -0.384. The van der Waals surface area contributed by atoms with Crippen molar-refractivity contribution in [2.24, 2.45) is 0 Å². The summed E-state index contributed by atoms with van der Waals surface area (Å²) in [7, 11) is 0. The maximum absolute atomic E-state index is 12.9. The fraction of sp³-hybridized carbons (Fsp3) is 0.211. The second kappa shape index (κ2) is 7.97. The van der Waals surface area contributed by atoms with Crippen LogP contribution in [0.25, 0.3) is 0 Å². The second-order valence-corrected chi connectivity index (χ2v) is 6.39. The minimum absolute atomic E-state index is 0.125. The van der Waals surface area contributed by atoms with E-state index in [0.717, 1.165) is 0 Å². The number of anilines is 1. The zero-order chi connectivity index (χ0) is 21.0. The number of hydrazine groups is 1. The standard InChI is InChI=1S/C19H19N5O5/c1-2-19(13-7-4-3-5-8-13)17(26)23(18(27)21-19)22-16(25)12-20-14-9-6-10-15(11-14)24(28)29/h3-11,20H,2,12H2,1H3,(H,21,27)(H,22,25)/t19-/m1/s1. The molecule has 10 heteroatoms. The van der Waals surface area contributed by atoms with Crippen LogP contribution in [0.3, 0.4) is 0 Å². The van der Waals surface area contributed by atoms with Gasteiger partial charge in [0.25, 0.3) is 17.5 Å². The Labute approximate surface area is 166 Å². The SMILES string of the molecule is CC[C@]1(c2ccccc2)NC(=O)N(NC(=O)CNc2cccc([N+](=O)[O-])c2)C1=O. The Morgan fingerprint density at radius 3 is 2.55 bits per heavy atom. The quantitative estimate of drug-likeness (QED) is 0.371. The van der Waals surface area contributed by atoms with E-state index in [1.165, 1.54) is 18.2 Å². The van der Waals surface area contributed by atoms with Gasteiger partial charge in [0.1, 0.15) is 5.54 Å². The number of nitro groups is 1. The molecule has 2 aromatic rings. The summed E-state index contributed by atoms with van der Waals surface area (Å²) >= 11 is 0. The Morgan fingerprint density at radius 2 is 1.90 bits per heavy atom. The summed E-state index contributed by atoms with van der Waals surface area (Å²) < 4.78 is 0. The molecule has 0 aliphatic carbocycles. The Morgan fingerprint density at radius 1 is 1.17 bits per heavy atom. The lowest BCUT2D eigenvalue weighted by Gasteiger charge is -2.25. The third kappa shape index (κ3) is 3.86. The monoisotopic (exact) mass is 397 g/mol. The predicted octanol–water partition coefficient (Wildman–Crippen LogP) is 1.90. The van der Waals surface area contributed by atoms with Crippen molar-refractivity contribution in [1.29, 1.82) is 0 Å². The third-order valence-corrected chi connectivity index (χ3v) is 4.64. The molecule has 0 spiro atoms.